The minimum atomic E-state index is 0.152. The van der Waals surface area contributed by atoms with Crippen LogP contribution in [0.3, 0.4) is 0 Å². The van der Waals surface area contributed by atoms with Gasteiger partial charge in [-0.3, -0.25) is 4.68 Å². The number of nitrogens with zero attached hydrogens (tertiary/aromatic N) is 2. The number of hydrogen-bond donors (Lipinski definition) is 0. The first-order valence-corrected chi connectivity index (χ1v) is 6.65. The van der Waals surface area contributed by atoms with Crippen molar-refractivity contribution in [3.8, 4) is 0 Å². The second kappa shape index (κ2) is 5.42. The molecular formula is C12H20Cl2N2. The van der Waals surface area contributed by atoms with Crippen molar-refractivity contribution < 1.29 is 0 Å². The van der Waals surface area contributed by atoms with Gasteiger partial charge < -0.3 is 0 Å². The van der Waals surface area contributed by atoms with E-state index in [0.717, 1.165) is 35.7 Å². The lowest BCUT2D eigenvalue weighted by Gasteiger charge is -2.29. The van der Waals surface area contributed by atoms with Gasteiger partial charge >= 0.3 is 0 Å². The molecule has 0 aliphatic heterocycles. The average Bonchev–Trinajstić information content (AvgIpc) is 2.52. The van der Waals surface area contributed by atoms with Crippen LogP contribution in [0.5, 0.6) is 0 Å². The van der Waals surface area contributed by atoms with E-state index in [0.29, 0.717) is 5.88 Å². The Morgan fingerprint density at radius 1 is 1.31 bits per heavy atom. The Labute approximate surface area is 108 Å². The maximum Gasteiger partial charge on any atom is 0.130 e. The van der Waals surface area contributed by atoms with Gasteiger partial charge in [-0.25, -0.2) is 0 Å². The van der Waals surface area contributed by atoms with Crippen molar-refractivity contribution >= 4 is 23.2 Å². The summed E-state index contributed by atoms with van der Waals surface area (Å²) in [7, 11) is 1.87. The lowest BCUT2D eigenvalue weighted by molar-refractivity contribution is 0.301. The predicted molar refractivity (Wildman–Crippen MR) is 70.4 cm³/mol. The molecule has 92 valence electrons. The van der Waals surface area contributed by atoms with E-state index in [1.165, 1.54) is 0 Å². The standard InChI is InChI=1S/C12H20Cl2N2/c1-5-12(6-2,8-13)7-10-9(3)15-16(4)11(10)14/h5-8H2,1-4H3. The molecule has 1 aromatic rings. The molecule has 0 fully saturated rings. The molecule has 0 N–H and O–H groups in total. The molecule has 0 spiro atoms. The third kappa shape index (κ3) is 2.54. The van der Waals surface area contributed by atoms with Crippen LogP contribution >= 0.6 is 23.2 Å². The zero-order valence-electron chi connectivity index (χ0n) is 10.5. The molecule has 1 heterocycles. The normalized spacial score (nSPS) is 12.1. The summed E-state index contributed by atoms with van der Waals surface area (Å²) in [6, 6.07) is 0. The van der Waals surface area contributed by atoms with Crippen LogP contribution in [-0.2, 0) is 13.5 Å². The topological polar surface area (TPSA) is 17.8 Å². The number of rotatable bonds is 5. The number of aromatic nitrogens is 2. The van der Waals surface area contributed by atoms with Crippen molar-refractivity contribution in [1.82, 2.24) is 9.78 Å². The second-order valence-corrected chi connectivity index (χ2v) is 5.12. The highest BCUT2D eigenvalue weighted by molar-refractivity contribution is 6.30. The van der Waals surface area contributed by atoms with E-state index in [-0.39, 0.29) is 5.41 Å². The first-order valence-electron chi connectivity index (χ1n) is 5.73. The van der Waals surface area contributed by atoms with Crippen LogP contribution in [0.15, 0.2) is 0 Å². The monoisotopic (exact) mass is 262 g/mol. The van der Waals surface area contributed by atoms with Gasteiger partial charge in [-0.15, -0.1) is 11.6 Å². The summed E-state index contributed by atoms with van der Waals surface area (Å²) < 4.78 is 1.73. The number of aryl methyl sites for hydroxylation is 2. The van der Waals surface area contributed by atoms with E-state index in [4.69, 9.17) is 23.2 Å². The van der Waals surface area contributed by atoms with Gasteiger partial charge in [0.2, 0.25) is 0 Å². The molecule has 2 nitrogen and oxygen atoms in total. The number of hydrogen-bond acceptors (Lipinski definition) is 1. The Morgan fingerprint density at radius 3 is 2.19 bits per heavy atom. The van der Waals surface area contributed by atoms with Crippen LogP contribution in [0, 0.1) is 12.3 Å². The summed E-state index contributed by atoms with van der Waals surface area (Å²) in [4.78, 5) is 0. The van der Waals surface area contributed by atoms with Crippen molar-refractivity contribution in [3.05, 3.63) is 16.4 Å². The summed E-state index contributed by atoms with van der Waals surface area (Å²) in [5.41, 5.74) is 2.32. The van der Waals surface area contributed by atoms with Crippen molar-refractivity contribution in [3.63, 3.8) is 0 Å². The highest BCUT2D eigenvalue weighted by atomic mass is 35.5. The summed E-state index contributed by atoms with van der Waals surface area (Å²) in [6.07, 6.45) is 3.05. The first-order chi connectivity index (χ1) is 7.49. The molecule has 0 amide bonds. The molecule has 0 unspecified atom stereocenters. The molecule has 0 radical (unpaired) electrons. The van der Waals surface area contributed by atoms with E-state index < -0.39 is 0 Å². The third-order valence-electron chi connectivity index (χ3n) is 3.61. The Kier molecular flexibility index (Phi) is 4.69. The van der Waals surface area contributed by atoms with E-state index in [9.17, 15) is 0 Å². The van der Waals surface area contributed by atoms with E-state index >= 15 is 0 Å². The van der Waals surface area contributed by atoms with Crippen molar-refractivity contribution in [2.45, 2.75) is 40.0 Å². The minimum absolute atomic E-state index is 0.152. The molecule has 0 bridgehead atoms. The van der Waals surface area contributed by atoms with Crippen LogP contribution < -0.4 is 0 Å². The molecule has 4 heteroatoms. The SMILES string of the molecule is CCC(CC)(CCl)Cc1c(C)nn(C)c1Cl. The molecule has 1 rings (SSSR count). The molecule has 0 aromatic carbocycles. The molecule has 16 heavy (non-hydrogen) atoms. The van der Waals surface area contributed by atoms with Gasteiger partial charge in [-0.1, -0.05) is 25.4 Å². The zero-order valence-corrected chi connectivity index (χ0v) is 12.0. The molecule has 0 aliphatic rings. The van der Waals surface area contributed by atoms with E-state index in [2.05, 4.69) is 18.9 Å². The molecule has 1 aromatic heterocycles. The maximum atomic E-state index is 6.25. The Hall–Kier alpha value is -0.210. The Balaban J connectivity index is 3.02. The van der Waals surface area contributed by atoms with Gasteiger partial charge in [0.1, 0.15) is 5.15 Å². The number of alkyl halides is 1. The predicted octanol–water partition coefficient (Wildman–Crippen LogP) is 3.97. The van der Waals surface area contributed by atoms with Gasteiger partial charge in [0.15, 0.2) is 0 Å². The summed E-state index contributed by atoms with van der Waals surface area (Å²) in [6.45, 7) is 6.38. The average molecular weight is 263 g/mol. The van der Waals surface area contributed by atoms with Crippen LogP contribution in [0.2, 0.25) is 5.15 Å². The third-order valence-corrected chi connectivity index (χ3v) is 4.64. The van der Waals surface area contributed by atoms with E-state index in [1.807, 2.05) is 14.0 Å². The van der Waals surface area contributed by atoms with E-state index in [1.54, 1.807) is 4.68 Å². The van der Waals surface area contributed by atoms with Gasteiger partial charge in [-0.05, 0) is 31.6 Å². The molecule has 0 atom stereocenters. The smallest absolute Gasteiger partial charge is 0.130 e. The Bertz CT molecular complexity index is 346. The zero-order chi connectivity index (χ0) is 12.3. The summed E-state index contributed by atoms with van der Waals surface area (Å²) >= 11 is 12.4. The highest BCUT2D eigenvalue weighted by Gasteiger charge is 2.28. The minimum Gasteiger partial charge on any atom is -0.257 e. The van der Waals surface area contributed by atoms with Gasteiger partial charge in [-0.2, -0.15) is 5.10 Å². The molecule has 0 saturated heterocycles. The van der Waals surface area contributed by atoms with Crippen LogP contribution in [0.1, 0.15) is 37.9 Å². The first kappa shape index (κ1) is 13.9. The Morgan fingerprint density at radius 2 is 1.88 bits per heavy atom. The quantitative estimate of drug-likeness (QED) is 0.735. The summed E-state index contributed by atoms with van der Waals surface area (Å²) in [5.74, 6) is 0.671. The van der Waals surface area contributed by atoms with Gasteiger partial charge in [0.05, 0.1) is 5.69 Å². The van der Waals surface area contributed by atoms with Crippen LogP contribution in [0.4, 0.5) is 0 Å². The molecule has 0 saturated carbocycles. The lowest BCUT2D eigenvalue weighted by Crippen LogP contribution is -2.24. The van der Waals surface area contributed by atoms with Gasteiger partial charge in [0, 0.05) is 18.5 Å². The lowest BCUT2D eigenvalue weighted by atomic mass is 9.79. The molecule has 0 aliphatic carbocycles. The van der Waals surface area contributed by atoms with Gasteiger partial charge in [0.25, 0.3) is 0 Å². The van der Waals surface area contributed by atoms with Crippen LogP contribution in [0.25, 0.3) is 0 Å². The second-order valence-electron chi connectivity index (χ2n) is 4.50. The maximum absolute atomic E-state index is 6.25. The molecular weight excluding hydrogens is 243 g/mol. The number of halogens is 2. The summed E-state index contributed by atoms with van der Waals surface area (Å²) in [5, 5.41) is 5.08. The van der Waals surface area contributed by atoms with Crippen molar-refractivity contribution in [2.24, 2.45) is 12.5 Å². The highest BCUT2D eigenvalue weighted by Crippen LogP contribution is 2.35. The fourth-order valence-electron chi connectivity index (χ4n) is 1.99. The fourth-order valence-corrected chi connectivity index (χ4v) is 2.70. The largest absolute Gasteiger partial charge is 0.257 e. The van der Waals surface area contributed by atoms with Crippen molar-refractivity contribution in [2.75, 3.05) is 5.88 Å². The van der Waals surface area contributed by atoms with Crippen LogP contribution in [-0.4, -0.2) is 15.7 Å². The fraction of sp³-hybridized carbons (Fsp3) is 0.750. The van der Waals surface area contributed by atoms with Crippen molar-refractivity contribution in [1.29, 1.82) is 0 Å².